The number of rotatable bonds is 3. The van der Waals surface area contributed by atoms with E-state index in [2.05, 4.69) is 10.2 Å². The van der Waals surface area contributed by atoms with E-state index in [9.17, 15) is 9.90 Å². The lowest BCUT2D eigenvalue weighted by atomic mass is 9.95. The minimum Gasteiger partial charge on any atom is -0.395 e. The van der Waals surface area contributed by atoms with Crippen molar-refractivity contribution in [2.45, 2.75) is 45.1 Å². The summed E-state index contributed by atoms with van der Waals surface area (Å²) in [7, 11) is 0. The van der Waals surface area contributed by atoms with Crippen LogP contribution in [0.25, 0.3) is 0 Å². The molecular weight excluding hydrogens is 244 g/mol. The van der Waals surface area contributed by atoms with Crippen molar-refractivity contribution in [2.24, 2.45) is 0 Å². The number of aromatic amines is 1. The average molecular weight is 266 g/mol. The molecule has 1 aliphatic heterocycles. The van der Waals surface area contributed by atoms with Crippen molar-refractivity contribution in [3.05, 3.63) is 11.4 Å². The van der Waals surface area contributed by atoms with E-state index in [1.165, 1.54) is 0 Å². The molecule has 1 fully saturated rings. The van der Waals surface area contributed by atoms with Gasteiger partial charge in [0.15, 0.2) is 5.69 Å². The first-order valence-electron chi connectivity index (χ1n) is 6.79. The summed E-state index contributed by atoms with van der Waals surface area (Å²) in [4.78, 5) is 14.0. The molecule has 2 rings (SSSR count). The molecule has 0 aromatic carbocycles. The number of aromatic nitrogens is 2. The van der Waals surface area contributed by atoms with Crippen LogP contribution in [-0.2, 0) is 6.42 Å². The summed E-state index contributed by atoms with van der Waals surface area (Å²) in [5, 5.41) is 16.9. The van der Waals surface area contributed by atoms with Crippen molar-refractivity contribution in [3.63, 3.8) is 0 Å². The number of H-pyrrole nitrogens is 1. The number of nitrogens with one attached hydrogen (secondary N) is 1. The number of anilines is 1. The third-order valence-electron chi connectivity index (χ3n) is 3.55. The molecular formula is C13H22N4O2. The second-order valence-electron chi connectivity index (χ2n) is 5.54. The first-order valence-corrected chi connectivity index (χ1v) is 6.79. The molecule has 1 amide bonds. The number of carbonyl (C=O) groups is 1. The highest BCUT2D eigenvalue weighted by molar-refractivity contribution is 5.97. The first kappa shape index (κ1) is 13.9. The van der Waals surface area contributed by atoms with Gasteiger partial charge in [0.2, 0.25) is 0 Å². The van der Waals surface area contributed by atoms with E-state index in [0.29, 0.717) is 25.2 Å². The van der Waals surface area contributed by atoms with Crippen LogP contribution < -0.4 is 5.73 Å². The number of nitrogens with two attached hydrogens (primary N) is 1. The summed E-state index contributed by atoms with van der Waals surface area (Å²) >= 11 is 0. The van der Waals surface area contributed by atoms with Crippen LogP contribution in [0.15, 0.2) is 0 Å². The Balaban J connectivity index is 2.15. The number of amides is 1. The maximum Gasteiger partial charge on any atom is 0.276 e. The molecule has 106 valence electrons. The summed E-state index contributed by atoms with van der Waals surface area (Å²) in [6.45, 7) is 4.78. The fourth-order valence-electron chi connectivity index (χ4n) is 2.53. The maximum atomic E-state index is 12.4. The zero-order chi connectivity index (χ0) is 14.0. The van der Waals surface area contributed by atoms with Gasteiger partial charge in [-0.25, -0.2) is 0 Å². The van der Waals surface area contributed by atoms with E-state index in [1.54, 1.807) is 11.8 Å². The maximum absolute atomic E-state index is 12.4. The van der Waals surface area contributed by atoms with Crippen molar-refractivity contribution in [3.8, 4) is 0 Å². The number of nitrogens with zero attached hydrogens (tertiary/aromatic N) is 2. The Morgan fingerprint density at radius 2 is 2.37 bits per heavy atom. The fourth-order valence-corrected chi connectivity index (χ4v) is 2.53. The van der Waals surface area contributed by atoms with Gasteiger partial charge < -0.3 is 15.7 Å². The van der Waals surface area contributed by atoms with Crippen molar-refractivity contribution >= 4 is 11.6 Å². The Morgan fingerprint density at radius 3 is 3.00 bits per heavy atom. The van der Waals surface area contributed by atoms with Crippen LogP contribution in [-0.4, -0.2) is 44.8 Å². The standard InChI is InChI=1S/C13H22N4O2/c1-3-5-9-10(14)11(16-15-9)12(18)17-7-4-6-13(2,19)8-17/h19H,3-8,14H2,1-2H3,(H,15,16). The van der Waals surface area contributed by atoms with Gasteiger partial charge in [0, 0.05) is 13.1 Å². The normalized spacial score (nSPS) is 23.6. The van der Waals surface area contributed by atoms with Gasteiger partial charge >= 0.3 is 0 Å². The molecule has 0 radical (unpaired) electrons. The first-order chi connectivity index (χ1) is 8.94. The van der Waals surface area contributed by atoms with Gasteiger partial charge in [0.05, 0.1) is 17.0 Å². The fraction of sp³-hybridized carbons (Fsp3) is 0.692. The molecule has 1 aromatic heterocycles. The Hall–Kier alpha value is -1.56. The van der Waals surface area contributed by atoms with Crippen LogP contribution in [0.5, 0.6) is 0 Å². The van der Waals surface area contributed by atoms with Crippen LogP contribution in [0.4, 0.5) is 5.69 Å². The van der Waals surface area contributed by atoms with Crippen LogP contribution in [0.3, 0.4) is 0 Å². The van der Waals surface area contributed by atoms with Gasteiger partial charge in [-0.15, -0.1) is 0 Å². The number of carbonyl (C=O) groups excluding carboxylic acids is 1. The number of β-amino-alcohol motifs (C(OH)–C–C–N with tert-alkyl or cyclic N) is 1. The van der Waals surface area contributed by atoms with Gasteiger partial charge in [0.1, 0.15) is 0 Å². The van der Waals surface area contributed by atoms with E-state index in [1.807, 2.05) is 6.92 Å². The highest BCUT2D eigenvalue weighted by Crippen LogP contribution is 2.24. The van der Waals surface area contributed by atoms with E-state index in [4.69, 9.17) is 5.73 Å². The topological polar surface area (TPSA) is 95.2 Å². The van der Waals surface area contributed by atoms with Gasteiger partial charge in [-0.1, -0.05) is 13.3 Å². The molecule has 1 aromatic rings. The third kappa shape index (κ3) is 2.89. The quantitative estimate of drug-likeness (QED) is 0.758. The number of piperidine rings is 1. The molecule has 1 aliphatic rings. The molecule has 6 heteroatoms. The number of likely N-dealkylation sites (tertiary alicyclic amines) is 1. The number of aryl methyl sites for hydroxylation is 1. The van der Waals surface area contributed by atoms with Gasteiger partial charge in [0.25, 0.3) is 5.91 Å². The lowest BCUT2D eigenvalue weighted by molar-refractivity contribution is -0.0109. The summed E-state index contributed by atoms with van der Waals surface area (Å²) in [6.07, 6.45) is 3.24. The molecule has 4 N–H and O–H groups in total. The number of nitrogen functional groups attached to an aromatic ring is 1. The zero-order valence-corrected chi connectivity index (χ0v) is 11.6. The molecule has 6 nitrogen and oxygen atoms in total. The van der Waals surface area contributed by atoms with Crippen LogP contribution in [0, 0.1) is 0 Å². The lowest BCUT2D eigenvalue weighted by Gasteiger charge is -2.36. The van der Waals surface area contributed by atoms with Crippen molar-refractivity contribution in [1.29, 1.82) is 0 Å². The Bertz CT molecular complexity index is 467. The molecule has 0 bridgehead atoms. The van der Waals surface area contributed by atoms with Crippen molar-refractivity contribution < 1.29 is 9.90 Å². The Labute approximate surface area is 113 Å². The zero-order valence-electron chi connectivity index (χ0n) is 11.6. The minimum atomic E-state index is -0.814. The lowest BCUT2D eigenvalue weighted by Crippen LogP contribution is -2.48. The second-order valence-corrected chi connectivity index (χ2v) is 5.54. The molecule has 1 saturated heterocycles. The highest BCUT2D eigenvalue weighted by Gasteiger charge is 2.33. The molecule has 0 spiro atoms. The Kier molecular flexibility index (Phi) is 3.80. The van der Waals surface area contributed by atoms with Gasteiger partial charge in [-0.2, -0.15) is 5.10 Å². The van der Waals surface area contributed by atoms with E-state index in [0.717, 1.165) is 25.0 Å². The molecule has 1 unspecified atom stereocenters. The Morgan fingerprint density at radius 1 is 1.63 bits per heavy atom. The SMILES string of the molecule is CCCc1[nH]nc(C(=O)N2CCCC(C)(O)C2)c1N. The second kappa shape index (κ2) is 5.21. The molecule has 1 atom stereocenters. The van der Waals surface area contributed by atoms with E-state index < -0.39 is 5.60 Å². The summed E-state index contributed by atoms with van der Waals surface area (Å²) in [5.74, 6) is -0.198. The number of aliphatic hydroxyl groups is 1. The summed E-state index contributed by atoms with van der Waals surface area (Å²) in [6, 6.07) is 0. The number of hydrogen-bond acceptors (Lipinski definition) is 4. The molecule has 2 heterocycles. The minimum absolute atomic E-state index is 0.198. The van der Waals surface area contributed by atoms with E-state index in [-0.39, 0.29) is 11.6 Å². The van der Waals surface area contributed by atoms with Crippen molar-refractivity contribution in [1.82, 2.24) is 15.1 Å². The molecule has 0 saturated carbocycles. The monoisotopic (exact) mass is 266 g/mol. The van der Waals surface area contributed by atoms with Crippen LogP contribution >= 0.6 is 0 Å². The third-order valence-corrected chi connectivity index (χ3v) is 3.55. The van der Waals surface area contributed by atoms with Crippen LogP contribution in [0.1, 0.15) is 49.3 Å². The molecule has 19 heavy (non-hydrogen) atoms. The van der Waals surface area contributed by atoms with E-state index >= 15 is 0 Å². The van der Waals surface area contributed by atoms with Crippen LogP contribution in [0.2, 0.25) is 0 Å². The molecule has 0 aliphatic carbocycles. The number of hydrogen-bond donors (Lipinski definition) is 3. The average Bonchev–Trinajstić information content (AvgIpc) is 2.70. The van der Waals surface area contributed by atoms with Gasteiger partial charge in [-0.3, -0.25) is 9.89 Å². The highest BCUT2D eigenvalue weighted by atomic mass is 16.3. The predicted octanol–water partition coefficient (Wildman–Crippen LogP) is 0.931. The largest absolute Gasteiger partial charge is 0.395 e. The van der Waals surface area contributed by atoms with Gasteiger partial charge in [-0.05, 0) is 26.2 Å². The summed E-state index contributed by atoms with van der Waals surface area (Å²) < 4.78 is 0. The predicted molar refractivity (Wildman–Crippen MR) is 72.8 cm³/mol. The summed E-state index contributed by atoms with van der Waals surface area (Å²) in [5.41, 5.74) is 6.68. The smallest absolute Gasteiger partial charge is 0.276 e. The van der Waals surface area contributed by atoms with Crippen molar-refractivity contribution in [2.75, 3.05) is 18.8 Å².